The first-order chi connectivity index (χ1) is 11.5. The second-order valence-electron chi connectivity index (χ2n) is 7.43. The molecule has 3 aliphatic heterocycles. The molecule has 0 saturated carbocycles. The summed E-state index contributed by atoms with van der Waals surface area (Å²) in [5, 5.41) is 3.07. The van der Waals surface area contributed by atoms with Gasteiger partial charge in [-0.05, 0) is 26.2 Å². The molecule has 0 N–H and O–H groups in total. The zero-order chi connectivity index (χ0) is 16.7. The lowest BCUT2D eigenvalue weighted by molar-refractivity contribution is -0.128. The van der Waals surface area contributed by atoms with Crippen LogP contribution in [0, 0.1) is 12.3 Å². The van der Waals surface area contributed by atoms with Crippen LogP contribution in [0.15, 0.2) is 5.38 Å². The van der Waals surface area contributed by atoms with Crippen LogP contribution in [-0.4, -0.2) is 64.3 Å². The summed E-state index contributed by atoms with van der Waals surface area (Å²) in [5.41, 5.74) is 0.934. The van der Waals surface area contributed by atoms with Crippen molar-refractivity contribution in [3.05, 3.63) is 16.1 Å². The Balaban J connectivity index is 1.40. The third-order valence-electron chi connectivity index (χ3n) is 5.51. The molecule has 0 aromatic carbocycles. The van der Waals surface area contributed by atoms with Crippen LogP contribution in [0.3, 0.4) is 0 Å². The molecule has 1 aromatic rings. The van der Waals surface area contributed by atoms with Crippen molar-refractivity contribution in [2.24, 2.45) is 5.41 Å². The molecule has 1 unspecified atom stereocenters. The second kappa shape index (κ2) is 6.02. The van der Waals surface area contributed by atoms with E-state index in [9.17, 15) is 9.59 Å². The number of urea groups is 1. The highest BCUT2D eigenvalue weighted by atomic mass is 32.1. The maximum absolute atomic E-state index is 12.6. The van der Waals surface area contributed by atoms with Gasteiger partial charge in [0, 0.05) is 49.9 Å². The van der Waals surface area contributed by atoms with E-state index in [1.807, 2.05) is 27.0 Å². The predicted octanol–water partition coefficient (Wildman–Crippen LogP) is 2.09. The van der Waals surface area contributed by atoms with Crippen molar-refractivity contribution < 1.29 is 9.59 Å². The summed E-state index contributed by atoms with van der Waals surface area (Å²) in [5.74, 6) is 0.205. The summed E-state index contributed by atoms with van der Waals surface area (Å²) in [4.78, 5) is 35.4. The Hall–Kier alpha value is -1.63. The first-order valence-electron chi connectivity index (χ1n) is 8.77. The average Bonchev–Trinajstić information content (AvgIpc) is 3.30. The molecule has 4 rings (SSSR count). The van der Waals surface area contributed by atoms with Crippen LogP contribution in [0.1, 0.15) is 36.4 Å². The smallest absolute Gasteiger partial charge is 0.320 e. The molecule has 0 radical (unpaired) electrons. The zero-order valence-corrected chi connectivity index (χ0v) is 15.0. The van der Waals surface area contributed by atoms with Gasteiger partial charge in [-0.1, -0.05) is 0 Å². The number of thiazole rings is 1. The Kier molecular flexibility index (Phi) is 3.98. The van der Waals surface area contributed by atoms with Gasteiger partial charge in [-0.25, -0.2) is 9.78 Å². The van der Waals surface area contributed by atoms with Crippen LogP contribution < -0.4 is 0 Å². The van der Waals surface area contributed by atoms with Gasteiger partial charge in [0.25, 0.3) is 0 Å². The SMILES string of the molecule is Cc1nc(CN2CC3(CCN(C(=O)N4CCCC4)C3)CC2=O)cs1. The van der Waals surface area contributed by atoms with Crippen molar-refractivity contribution >= 4 is 23.3 Å². The number of hydrogen-bond acceptors (Lipinski definition) is 4. The molecule has 130 valence electrons. The van der Waals surface area contributed by atoms with Crippen molar-refractivity contribution in [1.82, 2.24) is 19.7 Å². The first kappa shape index (κ1) is 15.9. The van der Waals surface area contributed by atoms with Crippen molar-refractivity contribution in [3.8, 4) is 0 Å². The van der Waals surface area contributed by atoms with Gasteiger partial charge < -0.3 is 14.7 Å². The topological polar surface area (TPSA) is 56.8 Å². The molecule has 3 saturated heterocycles. The Morgan fingerprint density at radius 2 is 2.04 bits per heavy atom. The summed E-state index contributed by atoms with van der Waals surface area (Å²) in [7, 11) is 0. The highest BCUT2D eigenvalue weighted by Crippen LogP contribution is 2.41. The largest absolute Gasteiger partial charge is 0.336 e. The molecular formula is C17H24N4O2S. The average molecular weight is 348 g/mol. The first-order valence-corrected chi connectivity index (χ1v) is 9.65. The molecule has 6 nitrogen and oxygen atoms in total. The molecule has 1 atom stereocenters. The standard InChI is InChI=1S/C17H24N4O2S/c1-13-18-14(10-24-13)9-21-12-17(8-15(21)22)4-7-20(11-17)16(23)19-5-2-3-6-19/h10H,2-9,11-12H2,1H3. The lowest BCUT2D eigenvalue weighted by Gasteiger charge is -2.27. The molecule has 0 bridgehead atoms. The van der Waals surface area contributed by atoms with Gasteiger partial charge in [-0.3, -0.25) is 4.79 Å². The molecule has 24 heavy (non-hydrogen) atoms. The van der Waals surface area contributed by atoms with Crippen LogP contribution in [0.2, 0.25) is 0 Å². The van der Waals surface area contributed by atoms with Crippen LogP contribution in [0.4, 0.5) is 4.79 Å². The lowest BCUT2D eigenvalue weighted by Crippen LogP contribution is -2.42. The Bertz CT molecular complexity index is 655. The number of nitrogens with zero attached hydrogens (tertiary/aromatic N) is 4. The fourth-order valence-electron chi connectivity index (χ4n) is 4.28. The minimum absolute atomic E-state index is 0.0441. The zero-order valence-electron chi connectivity index (χ0n) is 14.2. The Morgan fingerprint density at radius 3 is 2.75 bits per heavy atom. The van der Waals surface area contributed by atoms with E-state index in [4.69, 9.17) is 0 Å². The van der Waals surface area contributed by atoms with E-state index in [1.165, 1.54) is 0 Å². The molecule has 4 heterocycles. The number of rotatable bonds is 2. The molecular weight excluding hydrogens is 324 g/mol. The highest BCUT2D eigenvalue weighted by molar-refractivity contribution is 7.09. The number of likely N-dealkylation sites (tertiary alicyclic amines) is 3. The quantitative estimate of drug-likeness (QED) is 0.822. The van der Waals surface area contributed by atoms with Crippen LogP contribution >= 0.6 is 11.3 Å². The summed E-state index contributed by atoms with van der Waals surface area (Å²) in [6, 6.07) is 0.172. The summed E-state index contributed by atoms with van der Waals surface area (Å²) in [6.07, 6.45) is 3.74. The second-order valence-corrected chi connectivity index (χ2v) is 8.49. The van der Waals surface area contributed by atoms with Crippen molar-refractivity contribution in [1.29, 1.82) is 0 Å². The maximum Gasteiger partial charge on any atom is 0.320 e. The van der Waals surface area contributed by atoms with Gasteiger partial charge >= 0.3 is 6.03 Å². The summed E-state index contributed by atoms with van der Waals surface area (Å²) >= 11 is 1.62. The molecule has 1 aromatic heterocycles. The number of aryl methyl sites for hydroxylation is 1. The predicted molar refractivity (Wildman–Crippen MR) is 91.7 cm³/mol. The van der Waals surface area contributed by atoms with E-state index in [-0.39, 0.29) is 17.4 Å². The van der Waals surface area contributed by atoms with E-state index >= 15 is 0 Å². The number of carbonyl (C=O) groups is 2. The minimum Gasteiger partial charge on any atom is -0.336 e. The molecule has 7 heteroatoms. The Morgan fingerprint density at radius 1 is 1.25 bits per heavy atom. The van der Waals surface area contributed by atoms with Gasteiger partial charge in [0.15, 0.2) is 0 Å². The van der Waals surface area contributed by atoms with Gasteiger partial charge in [-0.2, -0.15) is 0 Å². The molecule has 3 fully saturated rings. The normalized spacial score (nSPS) is 27.0. The van der Waals surface area contributed by atoms with Gasteiger partial charge in [0.2, 0.25) is 5.91 Å². The van der Waals surface area contributed by atoms with E-state index in [0.29, 0.717) is 13.0 Å². The summed E-state index contributed by atoms with van der Waals surface area (Å²) < 4.78 is 0. The van der Waals surface area contributed by atoms with Crippen LogP contribution in [0.25, 0.3) is 0 Å². The molecule has 1 spiro atoms. The van der Waals surface area contributed by atoms with Crippen molar-refractivity contribution in [2.75, 3.05) is 32.7 Å². The van der Waals surface area contributed by atoms with E-state index in [1.54, 1.807) is 11.3 Å². The van der Waals surface area contributed by atoms with Crippen LogP contribution in [0.5, 0.6) is 0 Å². The fraction of sp³-hybridized carbons (Fsp3) is 0.706. The highest BCUT2D eigenvalue weighted by Gasteiger charge is 2.49. The minimum atomic E-state index is -0.0441. The number of hydrogen-bond donors (Lipinski definition) is 0. The number of aromatic nitrogens is 1. The Labute approximate surface area is 146 Å². The van der Waals surface area contributed by atoms with E-state index in [2.05, 4.69) is 4.98 Å². The lowest BCUT2D eigenvalue weighted by atomic mass is 9.86. The summed E-state index contributed by atoms with van der Waals surface area (Å²) in [6.45, 7) is 6.62. The number of carbonyl (C=O) groups excluding carboxylic acids is 2. The maximum atomic E-state index is 12.6. The van der Waals surface area contributed by atoms with Crippen molar-refractivity contribution in [2.45, 2.75) is 39.2 Å². The van der Waals surface area contributed by atoms with Crippen molar-refractivity contribution in [3.63, 3.8) is 0 Å². The fourth-order valence-corrected chi connectivity index (χ4v) is 4.89. The number of amides is 3. The van der Waals surface area contributed by atoms with Gasteiger partial charge in [0.05, 0.1) is 17.2 Å². The van der Waals surface area contributed by atoms with E-state index in [0.717, 1.165) is 62.7 Å². The third kappa shape index (κ3) is 2.90. The van der Waals surface area contributed by atoms with Crippen LogP contribution in [-0.2, 0) is 11.3 Å². The monoisotopic (exact) mass is 348 g/mol. The molecule has 3 amide bonds. The van der Waals surface area contributed by atoms with Gasteiger partial charge in [0.1, 0.15) is 0 Å². The molecule has 3 aliphatic rings. The molecule has 0 aliphatic carbocycles. The van der Waals surface area contributed by atoms with E-state index < -0.39 is 0 Å². The van der Waals surface area contributed by atoms with Gasteiger partial charge in [-0.15, -0.1) is 11.3 Å². The third-order valence-corrected chi connectivity index (χ3v) is 6.33.